The van der Waals surface area contributed by atoms with E-state index in [0.29, 0.717) is 0 Å². The van der Waals surface area contributed by atoms with Crippen LogP contribution in [0.3, 0.4) is 0 Å². The normalized spacial score (nSPS) is 15.1. The lowest BCUT2D eigenvalue weighted by molar-refractivity contribution is 0.368. The lowest BCUT2D eigenvalue weighted by Crippen LogP contribution is -2.44. The molecule has 2 aromatic carbocycles. The van der Waals surface area contributed by atoms with E-state index in [4.69, 9.17) is 4.42 Å². The van der Waals surface area contributed by atoms with Crippen molar-refractivity contribution < 1.29 is 21.7 Å². The number of aryl methyl sites for hydroxylation is 1. The number of likely N-dealkylation sites (N-methyl/N-ethyl adjacent to an activating group) is 1. The Balaban J connectivity index is 0.000000491. The molecule has 3 aromatic rings. The summed E-state index contributed by atoms with van der Waals surface area (Å²) in [4.78, 5) is 2.45. The van der Waals surface area contributed by atoms with Crippen LogP contribution in [-0.2, 0) is 0 Å². The molecule has 0 unspecified atom stereocenters. The molecule has 7 heteroatoms. The van der Waals surface area contributed by atoms with Gasteiger partial charge in [0.25, 0.3) is 0 Å². The Morgan fingerprint density at radius 1 is 0.968 bits per heavy atom. The molecule has 0 fully saturated rings. The third-order valence-electron chi connectivity index (χ3n) is 5.45. The van der Waals surface area contributed by atoms with Crippen LogP contribution in [0.4, 0.5) is 23.0 Å². The van der Waals surface area contributed by atoms with E-state index in [2.05, 4.69) is 75.9 Å². The molecule has 1 aliphatic rings. The van der Waals surface area contributed by atoms with Gasteiger partial charge in [-0.2, -0.15) is 0 Å². The van der Waals surface area contributed by atoms with Gasteiger partial charge in [-0.15, -0.1) is 0 Å². The maximum atomic E-state index is 9.75. The molecular weight excluding hydrogens is 405 g/mol. The van der Waals surface area contributed by atoms with Crippen molar-refractivity contribution in [3.8, 4) is 11.3 Å². The van der Waals surface area contributed by atoms with Crippen LogP contribution in [0.5, 0.6) is 0 Å². The summed E-state index contributed by atoms with van der Waals surface area (Å²) < 4.78 is 45.3. The van der Waals surface area contributed by atoms with Gasteiger partial charge in [0.15, 0.2) is 0 Å². The summed E-state index contributed by atoms with van der Waals surface area (Å²) in [6, 6.07) is 17.0. The summed E-state index contributed by atoms with van der Waals surface area (Å²) in [5.74, 6) is 0.918. The standard InChI is InChI=1S/C24H26NO.BF4/c1-6-25-21-14-23-20(13-19(21)17(3)15-24(25,4)5)16(2)12-22(26-23)18-10-8-7-9-11-18;2-1(3,4)5/h7-15H,6H2,1-5H3;/q+1;-1. The maximum absolute atomic E-state index is 9.75. The number of benzene rings is 2. The van der Waals surface area contributed by atoms with Crippen LogP contribution in [0.2, 0.25) is 0 Å². The first-order valence-electron chi connectivity index (χ1n) is 10.2. The van der Waals surface area contributed by atoms with Crippen LogP contribution < -0.4 is 4.90 Å². The summed E-state index contributed by atoms with van der Waals surface area (Å²) in [6.45, 7) is 12.1. The van der Waals surface area contributed by atoms with Gasteiger partial charge in [0, 0.05) is 18.2 Å². The zero-order valence-corrected chi connectivity index (χ0v) is 18.3. The predicted octanol–water partition coefficient (Wildman–Crippen LogP) is 8.01. The second-order valence-corrected chi connectivity index (χ2v) is 8.25. The summed E-state index contributed by atoms with van der Waals surface area (Å²) >= 11 is 0. The minimum atomic E-state index is -6.00. The minimum absolute atomic E-state index is 0.00555. The predicted molar refractivity (Wildman–Crippen MR) is 122 cm³/mol. The molecule has 2 heterocycles. The Bertz CT molecular complexity index is 1120. The van der Waals surface area contributed by atoms with Crippen molar-refractivity contribution in [3.63, 3.8) is 0 Å². The fourth-order valence-corrected chi connectivity index (χ4v) is 4.24. The number of anilines is 1. The Kier molecular flexibility index (Phi) is 6.17. The van der Waals surface area contributed by atoms with E-state index in [1.54, 1.807) is 0 Å². The fraction of sp³-hybridized carbons (Fsp3) is 0.292. The topological polar surface area (TPSA) is 14.5 Å². The second-order valence-electron chi connectivity index (χ2n) is 8.25. The smallest absolute Gasteiger partial charge is 0.418 e. The largest absolute Gasteiger partial charge is 0.673 e. The molecule has 31 heavy (non-hydrogen) atoms. The van der Waals surface area contributed by atoms with E-state index >= 15 is 0 Å². The fourth-order valence-electron chi connectivity index (χ4n) is 4.24. The van der Waals surface area contributed by atoms with E-state index in [1.165, 1.54) is 27.8 Å². The lowest BCUT2D eigenvalue weighted by atomic mass is 9.88. The van der Waals surface area contributed by atoms with Crippen LogP contribution >= 0.6 is 0 Å². The van der Waals surface area contributed by atoms with Crippen molar-refractivity contribution >= 4 is 29.5 Å². The van der Waals surface area contributed by atoms with Crippen molar-refractivity contribution in [1.82, 2.24) is 0 Å². The first-order chi connectivity index (χ1) is 14.4. The Labute approximate surface area is 180 Å². The third kappa shape index (κ3) is 5.09. The van der Waals surface area contributed by atoms with E-state index < -0.39 is 7.25 Å². The third-order valence-corrected chi connectivity index (χ3v) is 5.45. The van der Waals surface area contributed by atoms with Crippen LogP contribution in [0.1, 0.15) is 38.8 Å². The average molecular weight is 431 g/mol. The van der Waals surface area contributed by atoms with E-state index in [9.17, 15) is 17.3 Å². The highest BCUT2D eigenvalue weighted by molar-refractivity contribution is 6.50. The molecule has 0 radical (unpaired) electrons. The molecule has 0 amide bonds. The highest BCUT2D eigenvalue weighted by Gasteiger charge is 2.32. The molecule has 164 valence electrons. The highest BCUT2D eigenvalue weighted by atomic mass is 19.5. The minimum Gasteiger partial charge on any atom is -0.418 e. The number of fused-ring (bicyclic) bond motifs is 2. The molecule has 0 saturated carbocycles. The van der Waals surface area contributed by atoms with E-state index in [0.717, 1.165) is 23.5 Å². The van der Waals surface area contributed by atoms with Gasteiger partial charge in [-0.1, -0.05) is 24.3 Å². The van der Waals surface area contributed by atoms with Crippen molar-refractivity contribution in [1.29, 1.82) is 0 Å². The molecule has 1 aliphatic heterocycles. The van der Waals surface area contributed by atoms with Gasteiger partial charge in [0.1, 0.15) is 0 Å². The quantitative estimate of drug-likeness (QED) is 0.232. The monoisotopic (exact) mass is 431 g/mol. The van der Waals surface area contributed by atoms with Gasteiger partial charge in [-0.3, -0.25) is 0 Å². The van der Waals surface area contributed by atoms with Gasteiger partial charge in [0.05, 0.1) is 28.2 Å². The molecule has 2 nitrogen and oxygen atoms in total. The molecule has 0 saturated heterocycles. The van der Waals surface area contributed by atoms with E-state index in [1.807, 2.05) is 18.2 Å². The van der Waals surface area contributed by atoms with Gasteiger partial charge < -0.3 is 22.2 Å². The summed E-state index contributed by atoms with van der Waals surface area (Å²) in [5, 5.41) is 1.19. The molecule has 0 aliphatic carbocycles. The molecule has 0 N–H and O–H groups in total. The van der Waals surface area contributed by atoms with Gasteiger partial charge in [-0.05, 0) is 64.0 Å². The number of rotatable bonds is 2. The Morgan fingerprint density at radius 2 is 1.58 bits per heavy atom. The number of allylic oxidation sites excluding steroid dienone is 1. The number of halogens is 4. The van der Waals surface area contributed by atoms with Crippen LogP contribution in [0.15, 0.2) is 59.0 Å². The van der Waals surface area contributed by atoms with Crippen LogP contribution in [0.25, 0.3) is 27.9 Å². The maximum Gasteiger partial charge on any atom is 0.673 e. The van der Waals surface area contributed by atoms with Crippen LogP contribution in [-0.4, -0.2) is 19.3 Å². The first-order valence-corrected chi connectivity index (χ1v) is 10.2. The zero-order chi connectivity index (χ0) is 23.0. The first kappa shape index (κ1) is 22.9. The number of nitrogens with zero attached hydrogens (tertiary/aromatic N) is 1. The molecular formula is C24H26BF4NO. The van der Waals surface area contributed by atoms with Gasteiger partial charge >= 0.3 is 18.6 Å². The van der Waals surface area contributed by atoms with Crippen molar-refractivity contribution in [2.24, 2.45) is 0 Å². The van der Waals surface area contributed by atoms with Gasteiger partial charge in [-0.25, -0.2) is 4.42 Å². The summed E-state index contributed by atoms with van der Waals surface area (Å²) in [7, 11) is -6.00. The molecule has 1 aromatic heterocycles. The number of hydrogen-bond donors (Lipinski definition) is 0. The lowest BCUT2D eigenvalue weighted by Gasteiger charge is -2.42. The van der Waals surface area contributed by atoms with Crippen molar-refractivity contribution in [3.05, 3.63) is 65.7 Å². The second kappa shape index (κ2) is 8.37. The summed E-state index contributed by atoms with van der Waals surface area (Å²) in [5.41, 5.74) is 7.22. The Hall–Kier alpha value is -2.83. The molecule has 0 bridgehead atoms. The summed E-state index contributed by atoms with van der Waals surface area (Å²) in [6.07, 6.45) is 2.37. The van der Waals surface area contributed by atoms with Crippen molar-refractivity contribution in [2.75, 3.05) is 11.4 Å². The van der Waals surface area contributed by atoms with Crippen LogP contribution in [0, 0.1) is 6.92 Å². The number of hydrogen-bond acceptors (Lipinski definition) is 1. The van der Waals surface area contributed by atoms with Crippen molar-refractivity contribution in [2.45, 2.75) is 40.2 Å². The van der Waals surface area contributed by atoms with E-state index in [-0.39, 0.29) is 5.54 Å². The molecule has 0 atom stereocenters. The zero-order valence-electron chi connectivity index (χ0n) is 18.3. The average Bonchev–Trinajstić information content (AvgIpc) is 2.66. The highest BCUT2D eigenvalue weighted by Crippen LogP contribution is 2.42. The van der Waals surface area contributed by atoms with Gasteiger partial charge in [0.2, 0.25) is 0 Å². The Morgan fingerprint density at radius 3 is 2.16 bits per heavy atom. The molecule has 0 spiro atoms. The molecule has 4 rings (SSSR count). The SMILES string of the molecule is CCN1c2cc3[o+]c(-c4ccccc4)cc(C)c3cc2C(C)=CC1(C)C.F[B-](F)(F)F.